The van der Waals surface area contributed by atoms with Crippen molar-refractivity contribution in [3.05, 3.63) is 52.1 Å². The third kappa shape index (κ3) is 3.58. The lowest BCUT2D eigenvalue weighted by Crippen LogP contribution is -2.14. The van der Waals surface area contributed by atoms with Crippen molar-refractivity contribution in [2.24, 2.45) is 0 Å². The Morgan fingerprint density at radius 2 is 2.29 bits per heavy atom. The molecule has 1 N–H and O–H groups in total. The Morgan fingerprint density at radius 1 is 1.48 bits per heavy atom. The molecule has 0 radical (unpaired) electrons. The number of nitriles is 1. The van der Waals surface area contributed by atoms with E-state index in [9.17, 15) is 4.79 Å². The van der Waals surface area contributed by atoms with Crippen LogP contribution in [0.5, 0.6) is 5.88 Å². The molecule has 0 aliphatic carbocycles. The van der Waals surface area contributed by atoms with E-state index in [1.54, 1.807) is 36.5 Å². The van der Waals surface area contributed by atoms with Crippen molar-refractivity contribution < 1.29 is 9.53 Å². The Bertz CT molecular complexity index is 710. The zero-order valence-corrected chi connectivity index (χ0v) is 12.8. The summed E-state index contributed by atoms with van der Waals surface area (Å²) in [5, 5.41) is 11.6. The first-order valence-corrected chi connectivity index (χ1v) is 7.03. The summed E-state index contributed by atoms with van der Waals surface area (Å²) in [5.41, 5.74) is 1.44. The maximum absolute atomic E-state index is 12.3. The number of ether oxygens (including phenoxy) is 1. The molecule has 0 unspecified atom stereocenters. The van der Waals surface area contributed by atoms with E-state index in [-0.39, 0.29) is 5.91 Å². The summed E-state index contributed by atoms with van der Waals surface area (Å²) >= 11 is 3.33. The molecule has 0 spiro atoms. The van der Waals surface area contributed by atoms with Gasteiger partial charge in [0.25, 0.3) is 5.91 Å². The molecule has 1 aromatic heterocycles. The molecule has 1 amide bonds. The third-order valence-electron chi connectivity index (χ3n) is 2.64. The lowest BCUT2D eigenvalue weighted by molar-refractivity contribution is 0.102. The van der Waals surface area contributed by atoms with Crippen LogP contribution in [-0.2, 0) is 0 Å². The fraction of sp³-hybridized carbons (Fsp3) is 0.133. The first-order valence-electron chi connectivity index (χ1n) is 6.24. The number of hydrogen-bond donors (Lipinski definition) is 1. The van der Waals surface area contributed by atoms with Crippen LogP contribution in [0.25, 0.3) is 0 Å². The smallest absolute Gasteiger partial charge is 0.261 e. The number of anilines is 1. The molecular weight excluding hydrogens is 334 g/mol. The second-order valence-electron chi connectivity index (χ2n) is 4.05. The van der Waals surface area contributed by atoms with Crippen molar-refractivity contribution in [2.45, 2.75) is 6.92 Å². The van der Waals surface area contributed by atoms with Crippen LogP contribution < -0.4 is 10.1 Å². The van der Waals surface area contributed by atoms with Crippen molar-refractivity contribution in [3.63, 3.8) is 0 Å². The van der Waals surface area contributed by atoms with Crippen molar-refractivity contribution in [3.8, 4) is 11.9 Å². The summed E-state index contributed by atoms with van der Waals surface area (Å²) in [7, 11) is 0. The van der Waals surface area contributed by atoms with Crippen molar-refractivity contribution >= 4 is 27.5 Å². The van der Waals surface area contributed by atoms with Gasteiger partial charge in [-0.2, -0.15) is 5.26 Å². The number of amides is 1. The Morgan fingerprint density at radius 3 is 2.95 bits per heavy atom. The number of pyridine rings is 1. The minimum Gasteiger partial charge on any atom is -0.477 e. The number of carbonyl (C=O) groups excluding carboxylic acids is 1. The van der Waals surface area contributed by atoms with Gasteiger partial charge in [-0.15, -0.1) is 0 Å². The summed E-state index contributed by atoms with van der Waals surface area (Å²) in [4.78, 5) is 16.3. The molecule has 0 aliphatic heterocycles. The quantitative estimate of drug-likeness (QED) is 0.921. The predicted molar refractivity (Wildman–Crippen MR) is 82.2 cm³/mol. The normalized spacial score (nSPS) is 9.76. The van der Waals surface area contributed by atoms with E-state index in [2.05, 4.69) is 26.2 Å². The van der Waals surface area contributed by atoms with Crippen molar-refractivity contribution in [2.75, 3.05) is 11.9 Å². The molecule has 21 heavy (non-hydrogen) atoms. The summed E-state index contributed by atoms with van der Waals surface area (Å²) < 4.78 is 5.97. The molecule has 0 fully saturated rings. The Balaban J connectivity index is 2.24. The van der Waals surface area contributed by atoms with E-state index in [0.717, 1.165) is 0 Å². The van der Waals surface area contributed by atoms with Crippen LogP contribution in [0.1, 0.15) is 22.8 Å². The topological polar surface area (TPSA) is 75.0 Å². The molecular formula is C15H12BrN3O2. The highest BCUT2D eigenvalue weighted by molar-refractivity contribution is 9.10. The number of aromatic nitrogens is 1. The standard InChI is InChI=1S/C15H12BrN3O2/c1-2-21-15-11(4-3-7-18-15)14(20)19-13-6-5-10(9-17)8-12(13)16/h3-8H,2H2,1H3,(H,19,20). The van der Waals surface area contributed by atoms with Crippen LogP contribution in [0.3, 0.4) is 0 Å². The average Bonchev–Trinajstić information content (AvgIpc) is 2.50. The van der Waals surface area contributed by atoms with E-state index in [1.807, 2.05) is 13.0 Å². The second kappa shape index (κ2) is 6.86. The van der Waals surface area contributed by atoms with Gasteiger partial charge in [-0.3, -0.25) is 4.79 Å². The van der Waals surface area contributed by atoms with Crippen LogP contribution in [-0.4, -0.2) is 17.5 Å². The number of halogens is 1. The van der Waals surface area contributed by atoms with Gasteiger partial charge in [0.2, 0.25) is 5.88 Å². The molecule has 0 bridgehead atoms. The number of nitrogens with one attached hydrogen (secondary N) is 1. The molecule has 0 saturated carbocycles. The number of benzene rings is 1. The Kier molecular flexibility index (Phi) is 4.90. The highest BCUT2D eigenvalue weighted by Crippen LogP contribution is 2.25. The minimum atomic E-state index is -0.322. The van der Waals surface area contributed by atoms with Gasteiger partial charge < -0.3 is 10.1 Å². The molecule has 6 heteroatoms. The lowest BCUT2D eigenvalue weighted by Gasteiger charge is -2.10. The molecule has 2 aromatic rings. The number of nitrogens with zero attached hydrogens (tertiary/aromatic N) is 2. The maximum Gasteiger partial charge on any atom is 0.261 e. The molecule has 5 nitrogen and oxygen atoms in total. The fourth-order valence-corrected chi connectivity index (χ4v) is 2.17. The number of rotatable bonds is 4. The molecule has 106 valence electrons. The summed E-state index contributed by atoms with van der Waals surface area (Å²) in [5.74, 6) is -0.0285. The van der Waals surface area contributed by atoms with Gasteiger partial charge >= 0.3 is 0 Å². The van der Waals surface area contributed by atoms with Gasteiger partial charge in [-0.25, -0.2) is 4.98 Å². The van der Waals surface area contributed by atoms with Crippen molar-refractivity contribution in [1.82, 2.24) is 4.98 Å². The van der Waals surface area contributed by atoms with Crippen LogP contribution in [0.2, 0.25) is 0 Å². The largest absolute Gasteiger partial charge is 0.477 e. The first-order chi connectivity index (χ1) is 10.2. The number of carbonyl (C=O) groups is 1. The van der Waals surface area contributed by atoms with Crippen molar-refractivity contribution in [1.29, 1.82) is 5.26 Å². The third-order valence-corrected chi connectivity index (χ3v) is 3.30. The molecule has 0 atom stereocenters. The van der Waals surface area contributed by atoms with E-state index < -0.39 is 0 Å². The minimum absolute atomic E-state index is 0.294. The van der Waals surface area contributed by atoms with Crippen LogP contribution in [0.15, 0.2) is 41.0 Å². The van der Waals surface area contributed by atoms with Gasteiger partial charge in [-0.1, -0.05) is 0 Å². The van der Waals surface area contributed by atoms with Gasteiger partial charge in [0.1, 0.15) is 5.56 Å². The van der Waals surface area contributed by atoms with Crippen LogP contribution >= 0.6 is 15.9 Å². The van der Waals surface area contributed by atoms with E-state index in [4.69, 9.17) is 10.00 Å². The predicted octanol–water partition coefficient (Wildman–Crippen LogP) is 3.37. The van der Waals surface area contributed by atoms with Gasteiger partial charge in [0.15, 0.2) is 0 Å². The fourth-order valence-electron chi connectivity index (χ4n) is 1.69. The maximum atomic E-state index is 12.3. The van der Waals surface area contributed by atoms with E-state index in [0.29, 0.717) is 33.8 Å². The molecule has 2 rings (SSSR count). The van der Waals surface area contributed by atoms with Gasteiger partial charge in [0, 0.05) is 10.7 Å². The zero-order valence-electron chi connectivity index (χ0n) is 11.3. The van der Waals surface area contributed by atoms with E-state index >= 15 is 0 Å². The average molecular weight is 346 g/mol. The molecule has 0 saturated heterocycles. The highest BCUT2D eigenvalue weighted by atomic mass is 79.9. The van der Waals surface area contributed by atoms with E-state index in [1.165, 1.54) is 0 Å². The lowest BCUT2D eigenvalue weighted by atomic mass is 10.2. The van der Waals surface area contributed by atoms with Gasteiger partial charge in [0.05, 0.1) is 23.9 Å². The molecule has 1 heterocycles. The monoisotopic (exact) mass is 345 g/mol. The zero-order chi connectivity index (χ0) is 15.2. The molecule has 0 aliphatic rings. The second-order valence-corrected chi connectivity index (χ2v) is 4.90. The van der Waals surface area contributed by atoms with Gasteiger partial charge in [-0.05, 0) is 53.2 Å². The van der Waals surface area contributed by atoms with Crippen LogP contribution in [0, 0.1) is 11.3 Å². The first kappa shape index (κ1) is 15.0. The summed E-state index contributed by atoms with van der Waals surface area (Å²) in [6.07, 6.45) is 1.57. The SMILES string of the molecule is CCOc1ncccc1C(=O)Nc1ccc(C#N)cc1Br. The Labute approximate surface area is 130 Å². The van der Waals surface area contributed by atoms with Crippen LogP contribution in [0.4, 0.5) is 5.69 Å². The summed E-state index contributed by atoms with van der Waals surface area (Å²) in [6.45, 7) is 2.26. The number of hydrogen-bond acceptors (Lipinski definition) is 4. The highest BCUT2D eigenvalue weighted by Gasteiger charge is 2.14. The summed E-state index contributed by atoms with van der Waals surface area (Å²) in [6, 6.07) is 10.3. The molecule has 1 aromatic carbocycles. The Hall–Kier alpha value is -2.39.